The zero-order valence-electron chi connectivity index (χ0n) is 15.7. The highest BCUT2D eigenvalue weighted by atomic mass is 15.2. The molecule has 1 aromatic heterocycles. The number of aromatic nitrogens is 1. The third-order valence-corrected chi connectivity index (χ3v) is 4.99. The Morgan fingerprint density at radius 1 is 1.29 bits per heavy atom. The lowest BCUT2D eigenvalue weighted by Gasteiger charge is -2.34. The molecule has 5 heteroatoms. The number of nitrogens with one attached hydrogen (secondary N) is 2. The molecule has 0 spiro atoms. The Morgan fingerprint density at radius 2 is 2.00 bits per heavy atom. The zero-order valence-corrected chi connectivity index (χ0v) is 15.7. The van der Waals surface area contributed by atoms with Crippen molar-refractivity contribution < 1.29 is 0 Å². The second-order valence-electron chi connectivity index (χ2n) is 6.74. The molecule has 0 bridgehead atoms. The van der Waals surface area contributed by atoms with Gasteiger partial charge in [-0.25, -0.2) is 4.98 Å². The molecule has 1 aromatic rings. The minimum Gasteiger partial charge on any atom is -0.356 e. The number of anilines is 1. The molecule has 0 unspecified atom stereocenters. The van der Waals surface area contributed by atoms with Gasteiger partial charge in [-0.1, -0.05) is 32.8 Å². The fourth-order valence-electron chi connectivity index (χ4n) is 3.11. The molecule has 0 radical (unpaired) electrons. The molecule has 1 fully saturated rings. The maximum atomic E-state index is 4.54. The van der Waals surface area contributed by atoms with Crippen LogP contribution < -0.4 is 15.5 Å². The lowest BCUT2D eigenvalue weighted by Crippen LogP contribution is -2.49. The molecular weight excluding hydrogens is 298 g/mol. The molecule has 0 aliphatic carbocycles. The highest BCUT2D eigenvalue weighted by Gasteiger charge is 2.21. The average Bonchev–Trinajstić information content (AvgIpc) is 2.63. The van der Waals surface area contributed by atoms with Crippen molar-refractivity contribution in [2.24, 2.45) is 10.9 Å². The minimum atomic E-state index is 0.486. The van der Waals surface area contributed by atoms with E-state index in [1.54, 1.807) is 0 Å². The highest BCUT2D eigenvalue weighted by molar-refractivity contribution is 5.80. The van der Waals surface area contributed by atoms with Gasteiger partial charge >= 0.3 is 0 Å². The Hall–Kier alpha value is -1.78. The van der Waals surface area contributed by atoms with Gasteiger partial charge in [0.05, 0.1) is 0 Å². The number of rotatable bonds is 6. The monoisotopic (exact) mass is 331 g/mol. The minimum absolute atomic E-state index is 0.486. The molecule has 1 aliphatic rings. The van der Waals surface area contributed by atoms with Crippen molar-refractivity contribution in [2.45, 2.75) is 52.5 Å². The van der Waals surface area contributed by atoms with Gasteiger partial charge in [0.2, 0.25) is 0 Å². The van der Waals surface area contributed by atoms with Gasteiger partial charge < -0.3 is 15.5 Å². The first kappa shape index (κ1) is 18.6. The van der Waals surface area contributed by atoms with Crippen LogP contribution in [0.15, 0.2) is 23.3 Å². The van der Waals surface area contributed by atoms with E-state index in [1.807, 2.05) is 13.2 Å². The van der Waals surface area contributed by atoms with Crippen LogP contribution in [0.25, 0.3) is 0 Å². The van der Waals surface area contributed by atoms with Gasteiger partial charge in [0.1, 0.15) is 5.82 Å². The van der Waals surface area contributed by atoms with Crippen LogP contribution in [0.4, 0.5) is 5.82 Å². The van der Waals surface area contributed by atoms with Gasteiger partial charge in [0.15, 0.2) is 5.96 Å². The van der Waals surface area contributed by atoms with Gasteiger partial charge in [-0.15, -0.1) is 0 Å². The summed E-state index contributed by atoms with van der Waals surface area (Å²) in [6.07, 6.45) is 6.59. The van der Waals surface area contributed by atoms with Crippen molar-refractivity contribution in [3.63, 3.8) is 0 Å². The summed E-state index contributed by atoms with van der Waals surface area (Å²) in [5, 5.41) is 7.06. The number of guanidine groups is 1. The van der Waals surface area contributed by atoms with E-state index in [2.05, 4.69) is 58.4 Å². The first-order valence-electron chi connectivity index (χ1n) is 9.31. The van der Waals surface area contributed by atoms with E-state index in [0.717, 1.165) is 50.2 Å². The lowest BCUT2D eigenvalue weighted by atomic mass is 10.0. The molecular formula is C19H33N5. The molecule has 2 N–H and O–H groups in total. The fraction of sp³-hybridized carbons (Fsp3) is 0.684. The Bertz CT molecular complexity index is 499. The Balaban J connectivity index is 1.78. The van der Waals surface area contributed by atoms with Crippen LogP contribution in [0.5, 0.6) is 0 Å². The summed E-state index contributed by atoms with van der Waals surface area (Å²) in [6.45, 7) is 9.66. The molecule has 2 rings (SSSR count). The maximum Gasteiger partial charge on any atom is 0.191 e. The predicted molar refractivity (Wildman–Crippen MR) is 103 cm³/mol. The molecule has 1 saturated heterocycles. The van der Waals surface area contributed by atoms with Crippen LogP contribution in [-0.4, -0.2) is 43.7 Å². The lowest BCUT2D eigenvalue weighted by molar-refractivity contribution is 0.448. The standard InChI is InChI=1S/C19H33N5/c1-5-16(6-2)14-22-19(20-4)23-17-9-11-24(12-10-17)18-8-7-15(3)13-21-18/h7-8,13,16-17H,5-6,9-12,14H2,1-4H3,(H2,20,22,23). The first-order valence-corrected chi connectivity index (χ1v) is 9.31. The van der Waals surface area contributed by atoms with E-state index in [4.69, 9.17) is 0 Å². The van der Waals surface area contributed by atoms with Crippen molar-refractivity contribution in [1.29, 1.82) is 0 Å². The number of hydrogen-bond donors (Lipinski definition) is 2. The third kappa shape index (κ3) is 5.39. The second-order valence-corrected chi connectivity index (χ2v) is 6.74. The summed E-state index contributed by atoms with van der Waals surface area (Å²) in [5.41, 5.74) is 1.21. The van der Waals surface area contributed by atoms with Crippen LogP contribution >= 0.6 is 0 Å². The predicted octanol–water partition coefficient (Wildman–Crippen LogP) is 2.96. The largest absolute Gasteiger partial charge is 0.356 e. The maximum absolute atomic E-state index is 4.54. The Morgan fingerprint density at radius 3 is 2.54 bits per heavy atom. The Labute approximate surface area is 147 Å². The second kappa shape index (κ2) is 9.50. The quantitative estimate of drug-likeness (QED) is 0.621. The van der Waals surface area contributed by atoms with E-state index in [9.17, 15) is 0 Å². The molecule has 0 aromatic carbocycles. The zero-order chi connectivity index (χ0) is 17.4. The highest BCUT2D eigenvalue weighted by Crippen LogP contribution is 2.18. The average molecular weight is 332 g/mol. The molecule has 0 amide bonds. The van der Waals surface area contributed by atoms with E-state index in [1.165, 1.54) is 18.4 Å². The van der Waals surface area contributed by atoms with Crippen LogP contribution in [-0.2, 0) is 0 Å². The van der Waals surface area contributed by atoms with Crippen molar-refractivity contribution in [1.82, 2.24) is 15.6 Å². The number of piperidine rings is 1. The first-order chi connectivity index (χ1) is 11.7. The number of aryl methyl sites for hydroxylation is 1. The molecule has 1 aliphatic heterocycles. The van der Waals surface area contributed by atoms with E-state index < -0.39 is 0 Å². The third-order valence-electron chi connectivity index (χ3n) is 4.99. The smallest absolute Gasteiger partial charge is 0.191 e. The van der Waals surface area contributed by atoms with Gasteiger partial charge in [-0.3, -0.25) is 4.99 Å². The van der Waals surface area contributed by atoms with Gasteiger partial charge in [0.25, 0.3) is 0 Å². The molecule has 2 heterocycles. The summed E-state index contributed by atoms with van der Waals surface area (Å²) >= 11 is 0. The van der Waals surface area contributed by atoms with Crippen molar-refractivity contribution >= 4 is 11.8 Å². The fourth-order valence-corrected chi connectivity index (χ4v) is 3.11. The topological polar surface area (TPSA) is 52.6 Å². The van der Waals surface area contributed by atoms with Crippen molar-refractivity contribution in [2.75, 3.05) is 31.6 Å². The van der Waals surface area contributed by atoms with Crippen molar-refractivity contribution in [3.05, 3.63) is 23.9 Å². The van der Waals surface area contributed by atoms with Gasteiger partial charge in [0, 0.05) is 38.9 Å². The van der Waals surface area contributed by atoms with E-state index in [0.29, 0.717) is 6.04 Å². The summed E-state index contributed by atoms with van der Waals surface area (Å²) in [5.74, 6) is 2.75. The van der Waals surface area contributed by atoms with Gasteiger partial charge in [-0.2, -0.15) is 0 Å². The Kier molecular flexibility index (Phi) is 7.35. The number of nitrogens with zero attached hydrogens (tertiary/aromatic N) is 3. The van der Waals surface area contributed by atoms with Crippen LogP contribution in [0, 0.1) is 12.8 Å². The summed E-state index contributed by atoms with van der Waals surface area (Å²) < 4.78 is 0. The molecule has 0 saturated carbocycles. The molecule has 134 valence electrons. The van der Waals surface area contributed by atoms with Crippen LogP contribution in [0.2, 0.25) is 0 Å². The van der Waals surface area contributed by atoms with Gasteiger partial charge in [-0.05, 0) is 37.3 Å². The molecule has 5 nitrogen and oxygen atoms in total. The number of pyridine rings is 1. The normalized spacial score (nSPS) is 16.5. The molecule has 0 atom stereocenters. The summed E-state index contributed by atoms with van der Waals surface area (Å²) in [6, 6.07) is 4.75. The van der Waals surface area contributed by atoms with Crippen LogP contribution in [0.3, 0.4) is 0 Å². The van der Waals surface area contributed by atoms with Crippen LogP contribution in [0.1, 0.15) is 45.1 Å². The number of hydrogen-bond acceptors (Lipinski definition) is 3. The SMILES string of the molecule is CCC(CC)CNC(=NC)NC1CCN(c2ccc(C)cn2)CC1. The number of aliphatic imine (C=N–C) groups is 1. The summed E-state index contributed by atoms with van der Waals surface area (Å²) in [4.78, 5) is 11.3. The van der Waals surface area contributed by atoms with E-state index >= 15 is 0 Å². The van der Waals surface area contributed by atoms with E-state index in [-0.39, 0.29) is 0 Å². The van der Waals surface area contributed by atoms with Crippen molar-refractivity contribution in [3.8, 4) is 0 Å². The molecule has 24 heavy (non-hydrogen) atoms. The summed E-state index contributed by atoms with van der Waals surface area (Å²) in [7, 11) is 1.85.